The molecule has 5 fully saturated rings. The van der Waals surface area contributed by atoms with Gasteiger partial charge in [0, 0.05) is 56.7 Å². The summed E-state index contributed by atoms with van der Waals surface area (Å²) < 4.78 is 8.23. The van der Waals surface area contributed by atoms with E-state index >= 15 is 0 Å². The Kier molecular flexibility index (Phi) is 7.50. The molecule has 246 valence electrons. The van der Waals surface area contributed by atoms with Crippen molar-refractivity contribution in [1.29, 1.82) is 0 Å². The van der Waals surface area contributed by atoms with E-state index in [1.807, 2.05) is 86.3 Å². The number of amides is 4. The lowest BCUT2D eigenvalue weighted by Gasteiger charge is -2.54. The lowest BCUT2D eigenvalue weighted by atomic mass is 9.61. The molecule has 4 saturated heterocycles. The minimum atomic E-state index is -1.06. The lowest BCUT2D eigenvalue weighted by Crippen LogP contribution is -2.69. The van der Waals surface area contributed by atoms with Gasteiger partial charge >= 0.3 is 0 Å². The second-order valence-corrected chi connectivity index (χ2v) is 14.5. The summed E-state index contributed by atoms with van der Waals surface area (Å²) in [5, 5.41) is 10.2. The van der Waals surface area contributed by atoms with E-state index in [4.69, 9.17) is 4.74 Å². The molecular formula is C36H42N6O5. The highest BCUT2D eigenvalue weighted by Gasteiger charge is 2.72. The van der Waals surface area contributed by atoms with Crippen LogP contribution in [0.4, 0.5) is 0 Å². The summed E-state index contributed by atoms with van der Waals surface area (Å²) in [5.41, 5.74) is 0.290. The van der Waals surface area contributed by atoms with Crippen LogP contribution in [0, 0.1) is 28.1 Å². The molecule has 1 aromatic heterocycles. The van der Waals surface area contributed by atoms with Crippen LogP contribution in [0.3, 0.4) is 0 Å². The SMILES string of the molecule is CNC(=O)[C@H]1NC(=O)C2(C)CN(C(=O)c3cnn(Cc4ccccc4)c3)CC23CN(C3)C(=O)[C@H]2C([C@H]1OCc1ccccc1)C2(C)C. The fourth-order valence-corrected chi connectivity index (χ4v) is 8.29. The van der Waals surface area contributed by atoms with Crippen molar-refractivity contribution in [2.75, 3.05) is 33.2 Å². The quantitative estimate of drug-likeness (QED) is 0.409. The summed E-state index contributed by atoms with van der Waals surface area (Å²) in [6, 6.07) is 18.5. The van der Waals surface area contributed by atoms with E-state index in [2.05, 4.69) is 15.7 Å². The topological polar surface area (TPSA) is 126 Å². The molecule has 1 saturated carbocycles. The molecular weight excluding hydrogens is 596 g/mol. The maximum atomic E-state index is 14.5. The van der Waals surface area contributed by atoms with E-state index in [1.54, 1.807) is 22.0 Å². The molecule has 8 rings (SSSR count). The minimum Gasteiger partial charge on any atom is -0.371 e. The fraction of sp³-hybridized carbons (Fsp3) is 0.472. The van der Waals surface area contributed by atoms with Gasteiger partial charge in [0.15, 0.2) is 0 Å². The maximum Gasteiger partial charge on any atom is 0.257 e. The molecule has 2 aromatic carbocycles. The van der Waals surface area contributed by atoms with Gasteiger partial charge in [-0.05, 0) is 23.5 Å². The van der Waals surface area contributed by atoms with Crippen molar-refractivity contribution in [3.8, 4) is 0 Å². The van der Waals surface area contributed by atoms with E-state index in [-0.39, 0.29) is 48.6 Å². The zero-order valence-electron chi connectivity index (χ0n) is 27.3. The molecule has 11 heteroatoms. The van der Waals surface area contributed by atoms with E-state index in [0.29, 0.717) is 31.7 Å². The number of hydrogen-bond donors (Lipinski definition) is 2. The first-order chi connectivity index (χ1) is 22.5. The van der Waals surface area contributed by atoms with Crippen LogP contribution < -0.4 is 10.6 Å². The maximum absolute atomic E-state index is 14.5. The van der Waals surface area contributed by atoms with Crippen molar-refractivity contribution in [2.24, 2.45) is 28.1 Å². The van der Waals surface area contributed by atoms with Crippen molar-refractivity contribution in [2.45, 2.75) is 46.1 Å². The smallest absolute Gasteiger partial charge is 0.257 e. The van der Waals surface area contributed by atoms with Gasteiger partial charge in [0.05, 0.1) is 36.4 Å². The molecule has 5 heterocycles. The Hall–Kier alpha value is -4.51. The Morgan fingerprint density at radius 2 is 1.62 bits per heavy atom. The van der Waals surface area contributed by atoms with Crippen LogP contribution >= 0.6 is 0 Å². The van der Waals surface area contributed by atoms with Gasteiger partial charge in [-0.2, -0.15) is 5.10 Å². The molecule has 0 radical (unpaired) electrons. The third-order valence-corrected chi connectivity index (χ3v) is 11.3. The van der Waals surface area contributed by atoms with Crippen molar-refractivity contribution in [1.82, 2.24) is 30.2 Å². The first kappa shape index (κ1) is 31.1. The molecule has 4 aliphatic heterocycles. The number of aromatic nitrogens is 2. The molecule has 47 heavy (non-hydrogen) atoms. The number of likely N-dealkylation sites (tertiary alicyclic amines) is 1. The average molecular weight is 639 g/mol. The van der Waals surface area contributed by atoms with Crippen LogP contribution in [0.2, 0.25) is 0 Å². The molecule has 5 aliphatic rings. The molecule has 1 spiro atoms. The number of fused-ring (bicyclic) bond motifs is 3. The normalized spacial score (nSPS) is 28.7. The van der Waals surface area contributed by atoms with Gasteiger partial charge in [-0.3, -0.25) is 23.9 Å². The predicted molar refractivity (Wildman–Crippen MR) is 173 cm³/mol. The Labute approximate surface area is 274 Å². The summed E-state index contributed by atoms with van der Waals surface area (Å²) in [7, 11) is 1.54. The monoisotopic (exact) mass is 638 g/mol. The molecule has 4 amide bonds. The molecule has 2 N–H and O–H groups in total. The van der Waals surface area contributed by atoms with E-state index in [9.17, 15) is 19.2 Å². The average Bonchev–Trinajstić information content (AvgIpc) is 3.32. The molecule has 2 bridgehead atoms. The molecule has 2 unspecified atom stereocenters. The molecule has 11 nitrogen and oxygen atoms in total. The van der Waals surface area contributed by atoms with Crippen LogP contribution in [0.1, 0.15) is 42.3 Å². The van der Waals surface area contributed by atoms with Crippen molar-refractivity contribution >= 4 is 23.6 Å². The number of hydrogen-bond acceptors (Lipinski definition) is 6. The minimum absolute atomic E-state index is 0.0123. The predicted octanol–water partition coefficient (Wildman–Crippen LogP) is 2.32. The van der Waals surface area contributed by atoms with Gasteiger partial charge in [-0.1, -0.05) is 74.5 Å². The van der Waals surface area contributed by atoms with Crippen molar-refractivity contribution in [3.05, 3.63) is 89.7 Å². The first-order valence-corrected chi connectivity index (χ1v) is 16.3. The number of carbonyl (C=O) groups is 4. The fourth-order valence-electron chi connectivity index (χ4n) is 8.29. The van der Waals surface area contributed by atoms with Crippen molar-refractivity contribution < 1.29 is 23.9 Å². The highest BCUT2D eigenvalue weighted by atomic mass is 16.5. The number of likely N-dealkylation sites (N-methyl/N-ethyl adjacent to an activating group) is 1. The summed E-state index contributed by atoms with van der Waals surface area (Å²) in [6.45, 7) is 7.88. The first-order valence-electron chi connectivity index (χ1n) is 16.3. The van der Waals surface area contributed by atoms with Crippen molar-refractivity contribution in [3.63, 3.8) is 0 Å². The second kappa shape index (κ2) is 11.3. The highest BCUT2D eigenvalue weighted by Crippen LogP contribution is 2.64. The Bertz CT molecular complexity index is 1700. The summed E-state index contributed by atoms with van der Waals surface area (Å²) in [5.74, 6) is -1.53. The summed E-state index contributed by atoms with van der Waals surface area (Å²) in [6.07, 6.45) is 2.56. The number of ether oxygens (including phenoxy) is 1. The standard InChI is InChI=1S/C36H42N6O5/c1-34(2)26-27(34)32(45)41-21-36(22-41)20-40(31(44)25-15-38-42(17-25)16-23-11-7-5-8-12-23)19-35(36,3)33(46)39-28(30(43)37-4)29(26)47-18-24-13-9-6-10-14-24/h5-15,17,26-29H,16,18-22H2,1-4H3,(H,37,43)(H,39,46)/t26?,27-,28+,29-,35?/m1/s1. The number of benzene rings is 2. The Morgan fingerprint density at radius 3 is 2.28 bits per heavy atom. The van der Waals surface area contributed by atoms with Crippen LogP contribution in [0.25, 0.3) is 0 Å². The molecule has 3 aromatic rings. The van der Waals surface area contributed by atoms with Gasteiger partial charge in [-0.25, -0.2) is 0 Å². The third-order valence-electron chi connectivity index (χ3n) is 11.3. The van der Waals surface area contributed by atoms with E-state index < -0.39 is 28.4 Å². The zero-order chi connectivity index (χ0) is 33.1. The summed E-state index contributed by atoms with van der Waals surface area (Å²) in [4.78, 5) is 59.6. The second-order valence-electron chi connectivity index (χ2n) is 14.5. The number of rotatable bonds is 7. The number of nitrogens with one attached hydrogen (secondary N) is 2. The molecule has 1 aliphatic carbocycles. The zero-order valence-corrected chi connectivity index (χ0v) is 27.3. The summed E-state index contributed by atoms with van der Waals surface area (Å²) >= 11 is 0. The van der Waals surface area contributed by atoms with E-state index in [1.165, 1.54) is 7.05 Å². The Balaban J connectivity index is 1.18. The third kappa shape index (κ3) is 5.11. The lowest BCUT2D eigenvalue weighted by molar-refractivity contribution is -0.159. The van der Waals surface area contributed by atoms with Crippen LogP contribution in [0.15, 0.2) is 73.1 Å². The van der Waals surface area contributed by atoms with Gasteiger partial charge in [0.25, 0.3) is 5.91 Å². The van der Waals surface area contributed by atoms with Crippen LogP contribution in [-0.2, 0) is 32.3 Å². The van der Waals surface area contributed by atoms with Crippen LogP contribution in [-0.4, -0.2) is 88.6 Å². The van der Waals surface area contributed by atoms with Crippen LogP contribution in [0.5, 0.6) is 0 Å². The van der Waals surface area contributed by atoms with Gasteiger partial charge in [0.2, 0.25) is 17.7 Å². The van der Waals surface area contributed by atoms with Gasteiger partial charge < -0.3 is 25.2 Å². The Morgan fingerprint density at radius 1 is 0.957 bits per heavy atom. The molecule has 5 atom stereocenters. The number of nitrogens with zero attached hydrogens (tertiary/aromatic N) is 4. The number of carbonyl (C=O) groups excluding carboxylic acids is 4. The van der Waals surface area contributed by atoms with Gasteiger partial charge in [0.1, 0.15) is 6.04 Å². The largest absolute Gasteiger partial charge is 0.371 e. The highest BCUT2D eigenvalue weighted by molar-refractivity contribution is 5.97. The van der Waals surface area contributed by atoms with Gasteiger partial charge in [-0.15, -0.1) is 0 Å². The van der Waals surface area contributed by atoms with E-state index in [0.717, 1.165) is 11.1 Å².